The second-order valence-corrected chi connectivity index (χ2v) is 5.81. The van der Waals surface area contributed by atoms with Gasteiger partial charge in [-0.25, -0.2) is 0 Å². The fourth-order valence-electron chi connectivity index (χ4n) is 2.14. The van der Waals surface area contributed by atoms with Crippen LogP contribution in [0.3, 0.4) is 0 Å². The molecule has 1 atom stereocenters. The van der Waals surface area contributed by atoms with Crippen LogP contribution < -0.4 is 5.32 Å². The summed E-state index contributed by atoms with van der Waals surface area (Å²) in [4.78, 5) is 0. The Morgan fingerprint density at radius 3 is 2.19 bits per heavy atom. The third-order valence-corrected chi connectivity index (χ3v) is 3.41. The maximum atomic E-state index is 9.44. The molecule has 0 spiro atoms. The van der Waals surface area contributed by atoms with E-state index < -0.39 is 5.41 Å². The molecule has 0 bridgehead atoms. The summed E-state index contributed by atoms with van der Waals surface area (Å²) >= 11 is 0. The van der Waals surface area contributed by atoms with Crippen molar-refractivity contribution in [1.82, 2.24) is 5.32 Å². The van der Waals surface area contributed by atoms with Crippen molar-refractivity contribution in [2.75, 3.05) is 6.54 Å². The van der Waals surface area contributed by atoms with Crippen LogP contribution in [0.2, 0.25) is 0 Å². The second kappa shape index (κ2) is 6.43. The normalized spacial score (nSPS) is 12.6. The SMILES string of the molecule is CC(C)(C#N)CNC(c1ccccc1)c1ccc(O)cc1. The molecule has 0 fully saturated rings. The van der Waals surface area contributed by atoms with Gasteiger partial charge in [0.1, 0.15) is 5.75 Å². The van der Waals surface area contributed by atoms with Gasteiger partial charge in [-0.3, -0.25) is 0 Å². The molecular formula is C18H20N2O. The van der Waals surface area contributed by atoms with Crippen molar-refractivity contribution in [3.8, 4) is 11.8 Å². The molecule has 0 saturated carbocycles. The van der Waals surface area contributed by atoms with Gasteiger partial charge in [-0.2, -0.15) is 5.26 Å². The molecule has 2 N–H and O–H groups in total. The van der Waals surface area contributed by atoms with Gasteiger partial charge in [0.25, 0.3) is 0 Å². The molecule has 0 saturated heterocycles. The second-order valence-electron chi connectivity index (χ2n) is 5.81. The summed E-state index contributed by atoms with van der Waals surface area (Å²) in [6.45, 7) is 4.42. The van der Waals surface area contributed by atoms with E-state index in [1.54, 1.807) is 12.1 Å². The number of nitrogens with zero attached hydrogens (tertiary/aromatic N) is 1. The summed E-state index contributed by atoms with van der Waals surface area (Å²) in [7, 11) is 0. The van der Waals surface area contributed by atoms with E-state index in [1.807, 2.05) is 44.2 Å². The van der Waals surface area contributed by atoms with Crippen LogP contribution in [0.15, 0.2) is 54.6 Å². The molecule has 0 radical (unpaired) electrons. The minimum Gasteiger partial charge on any atom is -0.508 e. The van der Waals surface area contributed by atoms with Gasteiger partial charge >= 0.3 is 0 Å². The molecule has 0 aliphatic rings. The van der Waals surface area contributed by atoms with E-state index in [0.29, 0.717) is 6.54 Å². The number of benzene rings is 2. The maximum absolute atomic E-state index is 9.44. The van der Waals surface area contributed by atoms with Gasteiger partial charge in [0, 0.05) is 6.54 Å². The number of phenolic OH excluding ortho intramolecular Hbond substituents is 1. The van der Waals surface area contributed by atoms with Crippen molar-refractivity contribution >= 4 is 0 Å². The van der Waals surface area contributed by atoms with E-state index >= 15 is 0 Å². The van der Waals surface area contributed by atoms with Gasteiger partial charge in [0.05, 0.1) is 17.5 Å². The fraction of sp³-hybridized carbons (Fsp3) is 0.278. The van der Waals surface area contributed by atoms with Crippen LogP contribution >= 0.6 is 0 Å². The van der Waals surface area contributed by atoms with Crippen LogP contribution in [-0.4, -0.2) is 11.7 Å². The largest absolute Gasteiger partial charge is 0.508 e. The van der Waals surface area contributed by atoms with Crippen molar-refractivity contribution in [1.29, 1.82) is 5.26 Å². The first kappa shape index (κ1) is 15.1. The third-order valence-electron chi connectivity index (χ3n) is 3.41. The zero-order valence-electron chi connectivity index (χ0n) is 12.4. The molecular weight excluding hydrogens is 260 g/mol. The topological polar surface area (TPSA) is 56.0 Å². The summed E-state index contributed by atoms with van der Waals surface area (Å²) in [5.74, 6) is 0.253. The highest BCUT2D eigenvalue weighted by molar-refractivity contribution is 5.35. The van der Waals surface area contributed by atoms with Crippen LogP contribution in [0.5, 0.6) is 5.75 Å². The van der Waals surface area contributed by atoms with E-state index in [2.05, 4.69) is 23.5 Å². The first-order chi connectivity index (χ1) is 10.0. The molecule has 2 aromatic carbocycles. The first-order valence-corrected chi connectivity index (χ1v) is 7.00. The average molecular weight is 280 g/mol. The minimum atomic E-state index is -0.427. The number of rotatable bonds is 5. The standard InChI is InChI=1S/C18H20N2O/c1-18(2,12-19)13-20-17(14-6-4-3-5-7-14)15-8-10-16(21)11-9-15/h3-11,17,20-21H,13H2,1-2H3. The lowest BCUT2D eigenvalue weighted by molar-refractivity contribution is 0.424. The molecule has 0 aromatic heterocycles. The molecule has 3 heteroatoms. The van der Waals surface area contributed by atoms with Crippen LogP contribution in [0.25, 0.3) is 0 Å². The lowest BCUT2D eigenvalue weighted by atomic mass is 9.93. The minimum absolute atomic E-state index is 0.000532. The average Bonchev–Trinajstić information content (AvgIpc) is 2.50. The molecule has 0 amide bonds. The Kier molecular flexibility index (Phi) is 4.62. The van der Waals surface area contributed by atoms with Crippen molar-refractivity contribution < 1.29 is 5.11 Å². The molecule has 1 unspecified atom stereocenters. The summed E-state index contributed by atoms with van der Waals surface area (Å²) in [6.07, 6.45) is 0. The monoisotopic (exact) mass is 280 g/mol. The Morgan fingerprint density at radius 2 is 1.62 bits per heavy atom. The summed E-state index contributed by atoms with van der Waals surface area (Å²) in [6, 6.07) is 19.6. The number of aromatic hydroxyl groups is 1. The molecule has 2 aromatic rings. The molecule has 3 nitrogen and oxygen atoms in total. The predicted molar refractivity (Wildman–Crippen MR) is 83.8 cm³/mol. The Balaban J connectivity index is 2.27. The van der Waals surface area contributed by atoms with E-state index in [-0.39, 0.29) is 11.8 Å². The van der Waals surface area contributed by atoms with Crippen LogP contribution in [0, 0.1) is 16.7 Å². The van der Waals surface area contributed by atoms with E-state index in [9.17, 15) is 5.11 Å². The third kappa shape index (κ3) is 4.08. The first-order valence-electron chi connectivity index (χ1n) is 7.00. The molecule has 0 aliphatic carbocycles. The van der Waals surface area contributed by atoms with Crippen molar-refractivity contribution in [3.05, 3.63) is 65.7 Å². The summed E-state index contributed by atoms with van der Waals surface area (Å²) in [5.41, 5.74) is 1.77. The molecule has 21 heavy (non-hydrogen) atoms. The molecule has 0 heterocycles. The molecule has 0 aliphatic heterocycles. The predicted octanol–water partition coefficient (Wildman–Crippen LogP) is 3.62. The Hall–Kier alpha value is -2.31. The van der Waals surface area contributed by atoms with Crippen LogP contribution in [-0.2, 0) is 0 Å². The van der Waals surface area contributed by atoms with Crippen molar-refractivity contribution in [2.45, 2.75) is 19.9 Å². The number of nitriles is 1. The molecule has 108 valence electrons. The van der Waals surface area contributed by atoms with E-state index in [1.165, 1.54) is 0 Å². The highest BCUT2D eigenvalue weighted by Gasteiger charge is 2.20. The number of hydrogen-bond donors (Lipinski definition) is 2. The van der Waals surface area contributed by atoms with Gasteiger partial charge < -0.3 is 10.4 Å². The number of nitrogens with one attached hydrogen (secondary N) is 1. The van der Waals surface area contributed by atoms with Crippen molar-refractivity contribution in [2.24, 2.45) is 5.41 Å². The number of phenols is 1. The zero-order valence-corrected chi connectivity index (χ0v) is 12.4. The van der Waals surface area contributed by atoms with Gasteiger partial charge in [0.15, 0.2) is 0 Å². The quantitative estimate of drug-likeness (QED) is 0.879. The Labute approximate surface area is 125 Å². The summed E-state index contributed by atoms with van der Waals surface area (Å²) < 4.78 is 0. The van der Waals surface area contributed by atoms with E-state index in [0.717, 1.165) is 11.1 Å². The highest BCUT2D eigenvalue weighted by atomic mass is 16.3. The lowest BCUT2D eigenvalue weighted by Crippen LogP contribution is -2.32. The molecule has 2 rings (SSSR count). The Bertz CT molecular complexity index is 612. The van der Waals surface area contributed by atoms with Gasteiger partial charge in [-0.1, -0.05) is 42.5 Å². The van der Waals surface area contributed by atoms with Gasteiger partial charge in [-0.05, 0) is 37.1 Å². The summed E-state index contributed by atoms with van der Waals surface area (Å²) in [5, 5.41) is 22.1. The maximum Gasteiger partial charge on any atom is 0.115 e. The van der Waals surface area contributed by atoms with E-state index in [4.69, 9.17) is 5.26 Å². The van der Waals surface area contributed by atoms with Crippen LogP contribution in [0.4, 0.5) is 0 Å². The van der Waals surface area contributed by atoms with Crippen molar-refractivity contribution in [3.63, 3.8) is 0 Å². The smallest absolute Gasteiger partial charge is 0.115 e. The lowest BCUT2D eigenvalue weighted by Gasteiger charge is -2.24. The fourth-order valence-corrected chi connectivity index (χ4v) is 2.14. The van der Waals surface area contributed by atoms with Gasteiger partial charge in [-0.15, -0.1) is 0 Å². The number of hydrogen-bond acceptors (Lipinski definition) is 3. The highest BCUT2D eigenvalue weighted by Crippen LogP contribution is 2.25. The Morgan fingerprint density at radius 1 is 1.05 bits per heavy atom. The zero-order chi connectivity index (χ0) is 15.3. The van der Waals surface area contributed by atoms with Crippen LogP contribution in [0.1, 0.15) is 31.0 Å². The van der Waals surface area contributed by atoms with Gasteiger partial charge in [0.2, 0.25) is 0 Å².